The molecular formula is C20H26FN3O2S. The minimum absolute atomic E-state index is 0.194. The number of nitrogens with one attached hydrogen (secondary N) is 1. The standard InChI is InChI=1S/C20H26FN3O2S/c21-19-7-4-6-18(16-19)17-27(25,26)22-10-5-11-23-12-14-24(15-13-23)20-8-2-1-3-9-20/h1-4,6-9,16,22H,5,10-15,17H2. The van der Waals surface area contributed by atoms with Crippen molar-refractivity contribution in [2.24, 2.45) is 0 Å². The van der Waals surface area contributed by atoms with Gasteiger partial charge < -0.3 is 4.90 Å². The van der Waals surface area contributed by atoms with Crippen LogP contribution in [0.1, 0.15) is 12.0 Å². The molecule has 0 saturated carbocycles. The maximum absolute atomic E-state index is 13.2. The van der Waals surface area contributed by atoms with Gasteiger partial charge in [-0.05, 0) is 42.8 Å². The van der Waals surface area contributed by atoms with E-state index in [1.54, 1.807) is 6.07 Å². The van der Waals surface area contributed by atoms with Crippen molar-refractivity contribution >= 4 is 15.7 Å². The first-order valence-corrected chi connectivity index (χ1v) is 10.9. The number of piperazine rings is 1. The molecule has 1 heterocycles. The van der Waals surface area contributed by atoms with E-state index in [0.29, 0.717) is 12.1 Å². The Kier molecular flexibility index (Phi) is 6.82. The quantitative estimate of drug-likeness (QED) is 0.703. The van der Waals surface area contributed by atoms with E-state index in [1.807, 2.05) is 6.07 Å². The van der Waals surface area contributed by atoms with Crippen LogP contribution in [0, 0.1) is 5.82 Å². The van der Waals surface area contributed by atoms with E-state index in [1.165, 1.54) is 23.9 Å². The van der Waals surface area contributed by atoms with Crippen LogP contribution in [-0.2, 0) is 15.8 Å². The summed E-state index contributed by atoms with van der Waals surface area (Å²) in [7, 11) is -3.44. The van der Waals surface area contributed by atoms with Crippen LogP contribution < -0.4 is 9.62 Å². The van der Waals surface area contributed by atoms with Crippen molar-refractivity contribution in [2.75, 3.05) is 44.2 Å². The highest BCUT2D eigenvalue weighted by atomic mass is 32.2. The molecular weight excluding hydrogens is 365 g/mol. The third-order valence-corrected chi connectivity index (χ3v) is 6.07. The van der Waals surface area contributed by atoms with Crippen molar-refractivity contribution in [1.82, 2.24) is 9.62 Å². The SMILES string of the molecule is O=S(=O)(Cc1cccc(F)c1)NCCCN1CCN(c2ccccc2)CC1. The molecule has 0 amide bonds. The lowest BCUT2D eigenvalue weighted by molar-refractivity contribution is 0.255. The van der Waals surface area contributed by atoms with E-state index in [2.05, 4.69) is 38.8 Å². The Labute approximate surface area is 160 Å². The number of benzene rings is 2. The van der Waals surface area contributed by atoms with Crippen molar-refractivity contribution < 1.29 is 12.8 Å². The molecule has 2 aromatic carbocycles. The van der Waals surface area contributed by atoms with Gasteiger partial charge in [0, 0.05) is 38.4 Å². The summed E-state index contributed by atoms with van der Waals surface area (Å²) in [6.07, 6.45) is 0.758. The Hall–Kier alpha value is -1.96. The number of sulfonamides is 1. The fourth-order valence-corrected chi connectivity index (χ4v) is 4.47. The highest BCUT2D eigenvalue weighted by Gasteiger charge is 2.17. The first kappa shape index (κ1) is 19.8. The highest BCUT2D eigenvalue weighted by Crippen LogP contribution is 2.15. The molecule has 1 N–H and O–H groups in total. The Morgan fingerprint density at radius 2 is 1.70 bits per heavy atom. The van der Waals surface area contributed by atoms with Gasteiger partial charge in [0.2, 0.25) is 10.0 Å². The number of nitrogens with zero attached hydrogens (tertiary/aromatic N) is 2. The second-order valence-corrected chi connectivity index (χ2v) is 8.61. The first-order chi connectivity index (χ1) is 13.0. The van der Waals surface area contributed by atoms with Gasteiger partial charge in [-0.2, -0.15) is 0 Å². The van der Waals surface area contributed by atoms with Gasteiger partial charge >= 0.3 is 0 Å². The Morgan fingerprint density at radius 3 is 2.41 bits per heavy atom. The number of anilines is 1. The van der Waals surface area contributed by atoms with Crippen LogP contribution >= 0.6 is 0 Å². The Balaban J connectivity index is 1.35. The summed E-state index contributed by atoms with van der Waals surface area (Å²) < 4.78 is 40.0. The molecule has 0 atom stereocenters. The van der Waals surface area contributed by atoms with E-state index in [0.717, 1.165) is 39.1 Å². The zero-order valence-corrected chi connectivity index (χ0v) is 16.2. The molecule has 7 heteroatoms. The van der Waals surface area contributed by atoms with Gasteiger partial charge in [-0.1, -0.05) is 30.3 Å². The number of halogens is 1. The molecule has 0 spiro atoms. The molecule has 2 aromatic rings. The van der Waals surface area contributed by atoms with Crippen LogP contribution in [0.5, 0.6) is 0 Å². The fourth-order valence-electron chi connectivity index (χ4n) is 3.30. The smallest absolute Gasteiger partial charge is 0.215 e. The molecule has 0 bridgehead atoms. The molecule has 3 rings (SSSR count). The molecule has 0 unspecified atom stereocenters. The van der Waals surface area contributed by atoms with E-state index in [4.69, 9.17) is 0 Å². The summed E-state index contributed by atoms with van der Waals surface area (Å²) in [5.74, 6) is -0.613. The minimum Gasteiger partial charge on any atom is -0.369 e. The Bertz CT molecular complexity index is 822. The summed E-state index contributed by atoms with van der Waals surface area (Å²) in [6.45, 7) is 5.18. The maximum atomic E-state index is 13.2. The topological polar surface area (TPSA) is 52.7 Å². The monoisotopic (exact) mass is 391 g/mol. The third kappa shape index (κ3) is 6.30. The van der Waals surface area contributed by atoms with Crippen LogP contribution in [0.4, 0.5) is 10.1 Å². The van der Waals surface area contributed by atoms with Crippen molar-refractivity contribution in [1.29, 1.82) is 0 Å². The number of hydrogen-bond donors (Lipinski definition) is 1. The average Bonchev–Trinajstić information content (AvgIpc) is 2.66. The lowest BCUT2D eigenvalue weighted by atomic mass is 10.2. The summed E-state index contributed by atoms with van der Waals surface area (Å²) in [5, 5.41) is 0. The molecule has 0 aromatic heterocycles. The molecule has 27 heavy (non-hydrogen) atoms. The van der Waals surface area contributed by atoms with Gasteiger partial charge in [0.1, 0.15) is 5.82 Å². The average molecular weight is 392 g/mol. The second-order valence-electron chi connectivity index (χ2n) is 6.80. The number of rotatable bonds is 8. The molecule has 5 nitrogen and oxygen atoms in total. The minimum atomic E-state index is -3.44. The predicted octanol–water partition coefficient (Wildman–Crippen LogP) is 2.46. The summed E-state index contributed by atoms with van der Waals surface area (Å²) in [5.41, 5.74) is 1.71. The van der Waals surface area contributed by atoms with Gasteiger partial charge in [0.05, 0.1) is 5.75 Å². The zero-order valence-electron chi connectivity index (χ0n) is 15.4. The lowest BCUT2D eigenvalue weighted by Gasteiger charge is -2.36. The molecule has 0 aliphatic carbocycles. The van der Waals surface area contributed by atoms with Crippen molar-refractivity contribution in [3.8, 4) is 0 Å². The zero-order chi connectivity index (χ0) is 19.1. The van der Waals surface area contributed by atoms with Crippen molar-refractivity contribution in [3.63, 3.8) is 0 Å². The van der Waals surface area contributed by atoms with Gasteiger partial charge in [0.25, 0.3) is 0 Å². The molecule has 1 saturated heterocycles. The van der Waals surface area contributed by atoms with Crippen LogP contribution in [0.25, 0.3) is 0 Å². The van der Waals surface area contributed by atoms with Crippen LogP contribution in [0.3, 0.4) is 0 Å². The van der Waals surface area contributed by atoms with Crippen LogP contribution in [0.2, 0.25) is 0 Å². The van der Waals surface area contributed by atoms with Crippen molar-refractivity contribution in [3.05, 3.63) is 66.0 Å². The molecule has 1 aliphatic heterocycles. The molecule has 1 aliphatic rings. The predicted molar refractivity (Wildman–Crippen MR) is 107 cm³/mol. The van der Waals surface area contributed by atoms with E-state index in [-0.39, 0.29) is 5.75 Å². The number of hydrogen-bond acceptors (Lipinski definition) is 4. The van der Waals surface area contributed by atoms with E-state index < -0.39 is 15.8 Å². The summed E-state index contributed by atoms with van der Waals surface area (Å²) in [4.78, 5) is 4.73. The number of para-hydroxylation sites is 1. The normalized spacial score (nSPS) is 15.8. The second kappa shape index (κ2) is 9.30. The maximum Gasteiger partial charge on any atom is 0.215 e. The largest absolute Gasteiger partial charge is 0.369 e. The van der Waals surface area contributed by atoms with E-state index >= 15 is 0 Å². The Morgan fingerprint density at radius 1 is 0.963 bits per heavy atom. The summed E-state index contributed by atoms with van der Waals surface area (Å²) in [6, 6.07) is 16.1. The molecule has 0 radical (unpaired) electrons. The van der Waals surface area contributed by atoms with Crippen LogP contribution in [-0.4, -0.2) is 52.6 Å². The van der Waals surface area contributed by atoms with Crippen LogP contribution in [0.15, 0.2) is 54.6 Å². The first-order valence-electron chi connectivity index (χ1n) is 9.26. The van der Waals surface area contributed by atoms with E-state index in [9.17, 15) is 12.8 Å². The van der Waals surface area contributed by atoms with Gasteiger partial charge in [-0.3, -0.25) is 4.90 Å². The highest BCUT2D eigenvalue weighted by molar-refractivity contribution is 7.88. The van der Waals surface area contributed by atoms with Crippen molar-refractivity contribution in [2.45, 2.75) is 12.2 Å². The van der Waals surface area contributed by atoms with Gasteiger partial charge in [-0.25, -0.2) is 17.5 Å². The lowest BCUT2D eigenvalue weighted by Crippen LogP contribution is -2.47. The van der Waals surface area contributed by atoms with Gasteiger partial charge in [0.15, 0.2) is 0 Å². The van der Waals surface area contributed by atoms with Gasteiger partial charge in [-0.15, -0.1) is 0 Å². The molecule has 1 fully saturated rings. The fraction of sp³-hybridized carbons (Fsp3) is 0.400. The molecule has 146 valence electrons. The summed E-state index contributed by atoms with van der Waals surface area (Å²) >= 11 is 0. The third-order valence-electron chi connectivity index (χ3n) is 4.71.